The molecule has 2 atom stereocenters. The van der Waals surface area contributed by atoms with Gasteiger partial charge >= 0.3 is 0 Å². The van der Waals surface area contributed by atoms with Gasteiger partial charge in [-0.2, -0.15) is 0 Å². The van der Waals surface area contributed by atoms with E-state index < -0.39 is 12.2 Å². The molecule has 0 aliphatic rings. The van der Waals surface area contributed by atoms with Gasteiger partial charge in [-0.25, -0.2) is 0 Å². The first kappa shape index (κ1) is 8.94. The zero-order valence-corrected chi connectivity index (χ0v) is 5.20. The molecule has 0 saturated heterocycles. The summed E-state index contributed by atoms with van der Waals surface area (Å²) in [6, 6.07) is 0. The van der Waals surface area contributed by atoms with E-state index in [2.05, 4.69) is 0 Å². The summed E-state index contributed by atoms with van der Waals surface area (Å²) in [5.74, 6) is 0. The fourth-order valence-corrected chi connectivity index (χ4v) is 0.482. The first-order valence-electron chi connectivity index (χ1n) is 2.89. The highest BCUT2D eigenvalue weighted by Gasteiger charge is 2.11. The summed E-state index contributed by atoms with van der Waals surface area (Å²) in [6.07, 6.45) is -1.59. The summed E-state index contributed by atoms with van der Waals surface area (Å²) >= 11 is 0. The van der Waals surface area contributed by atoms with Gasteiger partial charge in [0.05, 0.1) is 20.1 Å². The summed E-state index contributed by atoms with van der Waals surface area (Å²) in [6.45, 7) is -0.127. The Balaban J connectivity index is 3.32. The van der Waals surface area contributed by atoms with Crippen LogP contribution >= 0.6 is 0 Å². The average molecular weight is 130 g/mol. The lowest BCUT2D eigenvalue weighted by molar-refractivity contribution is 0.0166. The molecule has 2 radical (unpaired) electrons. The van der Waals surface area contributed by atoms with Crippen LogP contribution in [0.5, 0.6) is 0 Å². The maximum Gasteiger partial charge on any atom is 0.0813 e. The first-order chi connectivity index (χ1) is 4.22. The van der Waals surface area contributed by atoms with Crippen LogP contribution in [0, 0.1) is 0 Å². The predicted octanol–water partition coefficient (Wildman–Crippen LogP) is -1.32. The van der Waals surface area contributed by atoms with Gasteiger partial charge in [0, 0.05) is 6.61 Å². The van der Waals surface area contributed by atoms with Gasteiger partial charge in [-0.15, -0.1) is 0 Å². The summed E-state index contributed by atoms with van der Waals surface area (Å²) in [7, 11) is 5.01. The minimum absolute atomic E-state index is 0.0289. The fourth-order valence-electron chi connectivity index (χ4n) is 0.482. The van der Waals surface area contributed by atoms with Gasteiger partial charge < -0.3 is 15.3 Å². The number of hydrogen-bond donors (Lipinski definition) is 3. The third kappa shape index (κ3) is 3.51. The van der Waals surface area contributed by atoms with Crippen LogP contribution in [0.2, 0.25) is 6.32 Å². The molecule has 0 aliphatic heterocycles. The molecule has 1 unspecified atom stereocenters. The van der Waals surface area contributed by atoms with Gasteiger partial charge in [-0.05, 0) is 6.42 Å². The lowest BCUT2D eigenvalue weighted by atomic mass is 9.95. The largest absolute Gasteiger partial charge is 0.396 e. The van der Waals surface area contributed by atoms with E-state index in [9.17, 15) is 0 Å². The van der Waals surface area contributed by atoms with Crippen LogP contribution in [0.1, 0.15) is 6.42 Å². The number of aliphatic hydroxyl groups excluding tert-OH is 3. The number of aliphatic hydroxyl groups is 3. The van der Waals surface area contributed by atoms with Crippen molar-refractivity contribution in [3.05, 3.63) is 0 Å². The van der Waals surface area contributed by atoms with Crippen molar-refractivity contribution in [3.8, 4) is 0 Å². The van der Waals surface area contributed by atoms with Crippen molar-refractivity contribution in [2.75, 3.05) is 6.61 Å². The molecular weight excluding hydrogens is 119 g/mol. The molecule has 3 N–H and O–H groups in total. The minimum atomic E-state index is -0.905. The van der Waals surface area contributed by atoms with Crippen molar-refractivity contribution in [2.45, 2.75) is 24.9 Å². The van der Waals surface area contributed by atoms with Gasteiger partial charge in [0.15, 0.2) is 0 Å². The highest BCUT2D eigenvalue weighted by molar-refractivity contribution is 6.08. The van der Waals surface area contributed by atoms with Crippen molar-refractivity contribution in [3.63, 3.8) is 0 Å². The fraction of sp³-hybridized carbons (Fsp3) is 1.00. The zero-order valence-electron chi connectivity index (χ0n) is 5.20. The Morgan fingerprint density at radius 2 is 1.78 bits per heavy atom. The van der Waals surface area contributed by atoms with Crippen LogP contribution in [-0.2, 0) is 0 Å². The normalized spacial score (nSPS) is 17.2. The average Bonchev–Trinajstić information content (AvgIpc) is 1.87. The van der Waals surface area contributed by atoms with Crippen LogP contribution in [-0.4, -0.2) is 42.0 Å². The van der Waals surface area contributed by atoms with Gasteiger partial charge in [-0.1, -0.05) is 6.32 Å². The molecule has 9 heavy (non-hydrogen) atoms. The third-order valence-corrected chi connectivity index (χ3v) is 1.11. The molecule has 0 spiro atoms. The second-order valence-electron chi connectivity index (χ2n) is 1.88. The van der Waals surface area contributed by atoms with Gasteiger partial charge in [-0.3, -0.25) is 0 Å². The Bertz CT molecular complexity index is 69.2. The SMILES string of the molecule is [B]CC(O)[C@@H](O)CCO. The Morgan fingerprint density at radius 3 is 2.11 bits per heavy atom. The number of rotatable bonds is 4. The van der Waals surface area contributed by atoms with Gasteiger partial charge in [0.2, 0.25) is 0 Å². The Labute approximate surface area is 55.7 Å². The molecule has 0 saturated carbocycles. The molecule has 4 heteroatoms. The predicted molar refractivity (Wildman–Crippen MR) is 34.3 cm³/mol. The molecule has 52 valence electrons. The van der Waals surface area contributed by atoms with Crippen LogP contribution in [0.4, 0.5) is 0 Å². The Kier molecular flexibility index (Phi) is 4.76. The Hall–Kier alpha value is -0.0551. The summed E-state index contributed by atoms with van der Waals surface area (Å²) in [5.41, 5.74) is 0. The summed E-state index contributed by atoms with van der Waals surface area (Å²) < 4.78 is 0. The van der Waals surface area contributed by atoms with Gasteiger partial charge in [0.25, 0.3) is 0 Å². The molecule has 0 aromatic heterocycles. The van der Waals surface area contributed by atoms with E-state index in [-0.39, 0.29) is 19.3 Å². The molecule has 0 aromatic rings. The van der Waals surface area contributed by atoms with Crippen LogP contribution < -0.4 is 0 Å². The molecule has 0 rings (SSSR count). The maximum absolute atomic E-state index is 8.83. The highest BCUT2D eigenvalue weighted by Crippen LogP contribution is 2.00. The smallest absolute Gasteiger partial charge is 0.0813 e. The summed E-state index contributed by atoms with van der Waals surface area (Å²) in [4.78, 5) is 0. The molecule has 3 nitrogen and oxygen atoms in total. The standard InChI is InChI=1S/C5H11BO3/c6-3-5(9)4(8)1-2-7/h4-5,7-9H,1-3H2/t4-,5?/m0/s1. The van der Waals surface area contributed by atoms with E-state index in [1.54, 1.807) is 0 Å². The van der Waals surface area contributed by atoms with Crippen LogP contribution in [0.25, 0.3) is 0 Å². The summed E-state index contributed by atoms with van der Waals surface area (Å²) in [5, 5.41) is 25.9. The van der Waals surface area contributed by atoms with E-state index in [4.69, 9.17) is 23.2 Å². The van der Waals surface area contributed by atoms with Crippen molar-refractivity contribution in [1.82, 2.24) is 0 Å². The van der Waals surface area contributed by atoms with E-state index in [1.165, 1.54) is 0 Å². The lowest BCUT2D eigenvalue weighted by Crippen LogP contribution is -2.26. The molecule has 0 amide bonds. The Morgan fingerprint density at radius 1 is 1.22 bits per heavy atom. The minimum Gasteiger partial charge on any atom is -0.396 e. The number of hydrogen-bond acceptors (Lipinski definition) is 3. The quantitative estimate of drug-likeness (QED) is 0.413. The van der Waals surface area contributed by atoms with Crippen molar-refractivity contribution in [2.24, 2.45) is 0 Å². The topological polar surface area (TPSA) is 60.7 Å². The molecule has 0 aromatic carbocycles. The van der Waals surface area contributed by atoms with Crippen LogP contribution in [0.15, 0.2) is 0 Å². The zero-order chi connectivity index (χ0) is 7.28. The first-order valence-corrected chi connectivity index (χ1v) is 2.89. The molecule has 0 heterocycles. The van der Waals surface area contributed by atoms with E-state index in [0.29, 0.717) is 0 Å². The van der Waals surface area contributed by atoms with Crippen molar-refractivity contribution in [1.29, 1.82) is 0 Å². The maximum atomic E-state index is 8.83. The van der Waals surface area contributed by atoms with Crippen LogP contribution in [0.3, 0.4) is 0 Å². The van der Waals surface area contributed by atoms with E-state index >= 15 is 0 Å². The molecule has 0 aliphatic carbocycles. The van der Waals surface area contributed by atoms with E-state index in [0.717, 1.165) is 0 Å². The molecule has 0 fully saturated rings. The van der Waals surface area contributed by atoms with Gasteiger partial charge in [0.1, 0.15) is 0 Å². The molecular formula is C5H11BO3. The lowest BCUT2D eigenvalue weighted by Gasteiger charge is -2.13. The second kappa shape index (κ2) is 4.79. The molecule has 0 bridgehead atoms. The second-order valence-corrected chi connectivity index (χ2v) is 1.88. The van der Waals surface area contributed by atoms with Crippen molar-refractivity contribution < 1.29 is 15.3 Å². The van der Waals surface area contributed by atoms with E-state index in [1.807, 2.05) is 0 Å². The van der Waals surface area contributed by atoms with Crippen molar-refractivity contribution >= 4 is 7.85 Å². The third-order valence-electron chi connectivity index (χ3n) is 1.11. The monoisotopic (exact) mass is 130 g/mol. The highest BCUT2D eigenvalue weighted by atomic mass is 16.3.